The molecule has 1 atom stereocenters. The normalized spacial score (nSPS) is 16.4. The second kappa shape index (κ2) is 6.15. The number of halogens is 2. The van der Waals surface area contributed by atoms with Crippen LogP contribution in [-0.2, 0) is 0 Å². The highest BCUT2D eigenvalue weighted by atomic mass is 35.5. The molecule has 0 spiro atoms. The van der Waals surface area contributed by atoms with E-state index in [-0.39, 0.29) is 0 Å². The van der Waals surface area contributed by atoms with Gasteiger partial charge in [0.05, 0.1) is 11.9 Å². The van der Waals surface area contributed by atoms with Crippen molar-refractivity contribution in [2.75, 3.05) is 5.32 Å². The maximum absolute atomic E-state index is 14.1. The number of pyridine rings is 2. The Labute approximate surface area is 150 Å². The van der Waals surface area contributed by atoms with Crippen molar-refractivity contribution in [2.24, 2.45) is 0 Å². The van der Waals surface area contributed by atoms with Crippen LogP contribution in [0.5, 0.6) is 5.75 Å². The van der Waals surface area contributed by atoms with Crippen LogP contribution in [0.4, 0.5) is 15.9 Å². The maximum Gasteiger partial charge on any atom is 0.147 e. The molecule has 1 saturated carbocycles. The fraction of sp³-hybridized carbons (Fsp3) is 0.263. The lowest BCUT2D eigenvalue weighted by atomic mass is 10.1. The van der Waals surface area contributed by atoms with Crippen LogP contribution in [-0.4, -0.2) is 21.7 Å². The summed E-state index contributed by atoms with van der Waals surface area (Å²) in [4.78, 5) is 8.44. The fourth-order valence-electron chi connectivity index (χ4n) is 2.75. The number of nitrogens with zero attached hydrogens (tertiary/aromatic N) is 2. The monoisotopic (exact) mass is 357 g/mol. The molecule has 0 radical (unpaired) electrons. The number of benzene rings is 1. The lowest BCUT2D eigenvalue weighted by Crippen LogP contribution is -2.26. The number of aromatic nitrogens is 2. The number of hydrogen-bond donors (Lipinski definition) is 1. The third-order valence-electron chi connectivity index (χ3n) is 4.50. The van der Waals surface area contributed by atoms with Gasteiger partial charge in [0.2, 0.25) is 0 Å². The lowest BCUT2D eigenvalue weighted by Gasteiger charge is -2.18. The van der Waals surface area contributed by atoms with Crippen LogP contribution in [0, 0.1) is 0 Å². The summed E-state index contributed by atoms with van der Waals surface area (Å²) in [6.07, 6.45) is 4.09. The third-order valence-corrected chi connectivity index (χ3v) is 4.72. The SMILES string of the molecule is CC(Oc1ccc2c(Nc3ccc(Cl)nc3)nccc2c1)C1(F)CC1. The molecule has 0 bridgehead atoms. The van der Waals surface area contributed by atoms with Crippen molar-refractivity contribution in [3.05, 3.63) is 53.9 Å². The highest BCUT2D eigenvalue weighted by Gasteiger charge is 2.49. The van der Waals surface area contributed by atoms with Crippen LogP contribution in [0.1, 0.15) is 19.8 Å². The van der Waals surface area contributed by atoms with Gasteiger partial charge in [0.1, 0.15) is 28.5 Å². The fourth-order valence-corrected chi connectivity index (χ4v) is 2.86. The van der Waals surface area contributed by atoms with Crippen molar-refractivity contribution in [3.8, 4) is 5.75 Å². The van der Waals surface area contributed by atoms with Gasteiger partial charge in [-0.05, 0) is 61.5 Å². The van der Waals surface area contributed by atoms with E-state index < -0.39 is 11.8 Å². The average Bonchev–Trinajstić information content (AvgIpc) is 3.36. The van der Waals surface area contributed by atoms with Crippen molar-refractivity contribution >= 4 is 33.9 Å². The van der Waals surface area contributed by atoms with Gasteiger partial charge in [0.25, 0.3) is 0 Å². The minimum Gasteiger partial charge on any atom is -0.487 e. The number of hydrogen-bond acceptors (Lipinski definition) is 4. The highest BCUT2D eigenvalue weighted by Crippen LogP contribution is 2.44. The van der Waals surface area contributed by atoms with Crippen molar-refractivity contribution in [3.63, 3.8) is 0 Å². The minimum absolute atomic E-state index is 0.439. The highest BCUT2D eigenvalue weighted by molar-refractivity contribution is 6.29. The van der Waals surface area contributed by atoms with Crippen LogP contribution in [0.15, 0.2) is 48.8 Å². The molecule has 6 heteroatoms. The second-order valence-corrected chi connectivity index (χ2v) is 6.72. The van der Waals surface area contributed by atoms with E-state index in [0.29, 0.717) is 29.6 Å². The van der Waals surface area contributed by atoms with Crippen LogP contribution in [0.2, 0.25) is 5.15 Å². The first-order valence-corrected chi connectivity index (χ1v) is 8.54. The van der Waals surface area contributed by atoms with Gasteiger partial charge in [0.15, 0.2) is 0 Å². The van der Waals surface area contributed by atoms with Gasteiger partial charge >= 0.3 is 0 Å². The Balaban J connectivity index is 1.60. The van der Waals surface area contributed by atoms with Gasteiger partial charge in [-0.2, -0.15) is 0 Å². The predicted molar refractivity (Wildman–Crippen MR) is 97.4 cm³/mol. The van der Waals surface area contributed by atoms with Crippen molar-refractivity contribution in [2.45, 2.75) is 31.5 Å². The Bertz CT molecular complexity index is 912. The number of alkyl halides is 1. The Kier molecular flexibility index (Phi) is 3.96. The van der Waals surface area contributed by atoms with Gasteiger partial charge in [-0.3, -0.25) is 0 Å². The van der Waals surface area contributed by atoms with E-state index in [0.717, 1.165) is 16.5 Å². The largest absolute Gasteiger partial charge is 0.487 e. The maximum atomic E-state index is 14.1. The predicted octanol–water partition coefficient (Wildman–Crippen LogP) is 5.30. The summed E-state index contributed by atoms with van der Waals surface area (Å²) in [6.45, 7) is 1.78. The van der Waals surface area contributed by atoms with E-state index in [4.69, 9.17) is 16.3 Å². The summed E-state index contributed by atoms with van der Waals surface area (Å²) in [5.41, 5.74) is -0.368. The first-order valence-electron chi connectivity index (χ1n) is 8.16. The molecule has 2 heterocycles. The zero-order chi connectivity index (χ0) is 17.4. The van der Waals surface area contributed by atoms with Gasteiger partial charge in [-0.15, -0.1) is 0 Å². The Morgan fingerprint density at radius 3 is 2.76 bits per heavy atom. The summed E-state index contributed by atoms with van der Waals surface area (Å²) < 4.78 is 19.8. The Hall–Kier alpha value is -2.40. The van der Waals surface area contributed by atoms with E-state index in [1.807, 2.05) is 30.3 Å². The quantitative estimate of drug-likeness (QED) is 0.630. The molecule has 1 N–H and O–H groups in total. The molecule has 1 aliphatic rings. The average molecular weight is 358 g/mol. The third kappa shape index (κ3) is 3.37. The van der Waals surface area contributed by atoms with Gasteiger partial charge in [0, 0.05) is 11.6 Å². The van der Waals surface area contributed by atoms with Crippen LogP contribution in [0.25, 0.3) is 10.8 Å². The van der Waals surface area contributed by atoms with Gasteiger partial charge in [-0.25, -0.2) is 14.4 Å². The van der Waals surface area contributed by atoms with E-state index >= 15 is 0 Å². The van der Waals surface area contributed by atoms with E-state index in [9.17, 15) is 4.39 Å². The molecule has 0 amide bonds. The molecular weight excluding hydrogens is 341 g/mol. The molecule has 4 rings (SSSR count). The number of rotatable bonds is 5. The Morgan fingerprint density at radius 2 is 2.04 bits per heavy atom. The van der Waals surface area contributed by atoms with E-state index in [1.165, 1.54) is 0 Å². The van der Waals surface area contributed by atoms with Crippen LogP contribution < -0.4 is 10.1 Å². The molecule has 0 aliphatic heterocycles. The molecule has 1 fully saturated rings. The Morgan fingerprint density at radius 1 is 1.20 bits per heavy atom. The molecule has 128 valence electrons. The second-order valence-electron chi connectivity index (χ2n) is 6.33. The van der Waals surface area contributed by atoms with Crippen LogP contribution >= 0.6 is 11.6 Å². The molecule has 1 aliphatic carbocycles. The lowest BCUT2D eigenvalue weighted by molar-refractivity contribution is 0.0972. The summed E-state index contributed by atoms with van der Waals surface area (Å²) >= 11 is 5.81. The van der Waals surface area contributed by atoms with E-state index in [1.54, 1.807) is 25.4 Å². The first-order chi connectivity index (χ1) is 12.0. The molecule has 0 saturated heterocycles. The zero-order valence-electron chi connectivity index (χ0n) is 13.7. The number of fused-ring (bicyclic) bond motifs is 1. The molecule has 1 aromatic carbocycles. The smallest absolute Gasteiger partial charge is 0.147 e. The van der Waals surface area contributed by atoms with Crippen molar-refractivity contribution < 1.29 is 9.13 Å². The summed E-state index contributed by atoms with van der Waals surface area (Å²) in [5.74, 6) is 1.37. The van der Waals surface area contributed by atoms with E-state index in [2.05, 4.69) is 15.3 Å². The molecule has 1 unspecified atom stereocenters. The standard InChI is InChI=1S/C19H17ClFN3O/c1-12(19(21)7-8-19)25-15-3-4-16-13(10-15)6-9-22-18(16)24-14-2-5-17(20)23-11-14/h2-6,9-12H,7-8H2,1H3,(H,22,24). The van der Waals surface area contributed by atoms with Gasteiger partial charge in [-0.1, -0.05) is 11.6 Å². The van der Waals surface area contributed by atoms with Crippen molar-refractivity contribution in [1.82, 2.24) is 9.97 Å². The molecular formula is C19H17ClFN3O. The molecule has 25 heavy (non-hydrogen) atoms. The van der Waals surface area contributed by atoms with Crippen LogP contribution in [0.3, 0.4) is 0 Å². The van der Waals surface area contributed by atoms with Gasteiger partial charge < -0.3 is 10.1 Å². The van der Waals surface area contributed by atoms with Crippen molar-refractivity contribution in [1.29, 1.82) is 0 Å². The molecule has 4 nitrogen and oxygen atoms in total. The number of ether oxygens (including phenoxy) is 1. The summed E-state index contributed by atoms with van der Waals surface area (Å²) in [6, 6.07) is 11.1. The summed E-state index contributed by atoms with van der Waals surface area (Å²) in [5, 5.41) is 5.58. The zero-order valence-corrected chi connectivity index (χ0v) is 14.4. The topological polar surface area (TPSA) is 47.0 Å². The first kappa shape index (κ1) is 16.1. The summed E-state index contributed by atoms with van der Waals surface area (Å²) in [7, 11) is 0. The number of nitrogens with one attached hydrogen (secondary N) is 1. The molecule has 2 aromatic heterocycles. The number of anilines is 2. The molecule has 3 aromatic rings. The minimum atomic E-state index is -1.17.